The van der Waals surface area contributed by atoms with Crippen LogP contribution in [0.1, 0.15) is 30.9 Å². The quantitative estimate of drug-likeness (QED) is 0.603. The fraction of sp³-hybridized carbons (Fsp3) is 0.538. The molecule has 2 heterocycles. The van der Waals surface area contributed by atoms with Crippen LogP contribution < -0.4 is 4.90 Å². The lowest BCUT2D eigenvalue weighted by Gasteiger charge is -2.41. The highest BCUT2D eigenvalue weighted by Gasteiger charge is 2.27. The van der Waals surface area contributed by atoms with E-state index in [0.717, 1.165) is 6.04 Å². The molecule has 1 heteroatoms. The number of hydrogen-bond acceptors (Lipinski definition) is 1. The van der Waals surface area contributed by atoms with Crippen molar-refractivity contribution in [2.75, 3.05) is 11.4 Å². The van der Waals surface area contributed by atoms with Crippen molar-refractivity contribution in [2.24, 2.45) is 0 Å². The van der Waals surface area contributed by atoms with Gasteiger partial charge in [0, 0.05) is 18.3 Å². The SMILES string of the molecule is CC1CCc2cccc3c2N1CCC3. The van der Waals surface area contributed by atoms with Gasteiger partial charge < -0.3 is 4.90 Å². The van der Waals surface area contributed by atoms with E-state index < -0.39 is 0 Å². The van der Waals surface area contributed by atoms with Crippen molar-refractivity contribution in [2.45, 2.75) is 38.6 Å². The van der Waals surface area contributed by atoms with E-state index in [4.69, 9.17) is 0 Å². The largest absolute Gasteiger partial charge is 0.368 e. The van der Waals surface area contributed by atoms with Crippen LogP contribution >= 0.6 is 0 Å². The minimum absolute atomic E-state index is 0.754. The summed E-state index contributed by atoms with van der Waals surface area (Å²) in [4.78, 5) is 2.62. The maximum absolute atomic E-state index is 2.62. The fourth-order valence-corrected chi connectivity index (χ4v) is 2.93. The molecule has 0 radical (unpaired) electrons. The van der Waals surface area contributed by atoms with Crippen LogP contribution in [0.3, 0.4) is 0 Å². The summed E-state index contributed by atoms with van der Waals surface area (Å²) in [6.07, 6.45) is 5.23. The summed E-state index contributed by atoms with van der Waals surface area (Å²) in [5.74, 6) is 0. The Bertz CT molecular complexity index is 342. The number of aryl methyl sites for hydroxylation is 2. The van der Waals surface area contributed by atoms with Crippen molar-refractivity contribution in [1.82, 2.24) is 0 Å². The molecule has 2 aliphatic heterocycles. The van der Waals surface area contributed by atoms with Crippen molar-refractivity contribution in [3.8, 4) is 0 Å². The second-order valence-electron chi connectivity index (χ2n) is 4.61. The lowest BCUT2D eigenvalue weighted by atomic mass is 9.89. The fourth-order valence-electron chi connectivity index (χ4n) is 2.93. The van der Waals surface area contributed by atoms with Crippen LogP contribution in [0.5, 0.6) is 0 Å². The molecule has 1 aromatic carbocycles. The van der Waals surface area contributed by atoms with Crippen molar-refractivity contribution in [3.63, 3.8) is 0 Å². The Hall–Kier alpha value is -0.980. The van der Waals surface area contributed by atoms with E-state index in [9.17, 15) is 0 Å². The zero-order valence-electron chi connectivity index (χ0n) is 8.79. The summed E-state index contributed by atoms with van der Waals surface area (Å²) in [6.45, 7) is 3.64. The summed E-state index contributed by atoms with van der Waals surface area (Å²) in [7, 11) is 0. The Balaban J connectivity index is 2.17. The van der Waals surface area contributed by atoms with Gasteiger partial charge in [-0.05, 0) is 43.7 Å². The average molecular weight is 187 g/mol. The first-order valence-corrected chi connectivity index (χ1v) is 5.73. The van der Waals surface area contributed by atoms with Crippen LogP contribution in [0.25, 0.3) is 0 Å². The normalized spacial score (nSPS) is 24.6. The molecule has 0 saturated carbocycles. The van der Waals surface area contributed by atoms with Gasteiger partial charge in [0.1, 0.15) is 0 Å². The molecule has 1 atom stereocenters. The highest BCUT2D eigenvalue weighted by atomic mass is 15.2. The first kappa shape index (κ1) is 8.34. The zero-order valence-corrected chi connectivity index (χ0v) is 8.79. The molecule has 0 bridgehead atoms. The van der Waals surface area contributed by atoms with Gasteiger partial charge in [0.05, 0.1) is 0 Å². The Morgan fingerprint density at radius 3 is 2.86 bits per heavy atom. The number of anilines is 1. The van der Waals surface area contributed by atoms with Crippen LogP contribution in [0, 0.1) is 0 Å². The van der Waals surface area contributed by atoms with E-state index in [1.54, 1.807) is 16.8 Å². The minimum atomic E-state index is 0.754. The Labute approximate surface area is 85.7 Å². The van der Waals surface area contributed by atoms with Crippen molar-refractivity contribution in [3.05, 3.63) is 29.3 Å². The van der Waals surface area contributed by atoms with Gasteiger partial charge in [-0.25, -0.2) is 0 Å². The van der Waals surface area contributed by atoms with E-state index in [1.807, 2.05) is 0 Å². The molecule has 3 rings (SSSR count). The summed E-state index contributed by atoms with van der Waals surface area (Å²) in [5.41, 5.74) is 4.75. The third-order valence-electron chi connectivity index (χ3n) is 3.70. The summed E-state index contributed by atoms with van der Waals surface area (Å²) in [5, 5.41) is 0. The standard InChI is InChI=1S/C13H17N/c1-10-7-8-12-5-2-4-11-6-3-9-14(10)13(11)12/h2,4-5,10H,3,6-9H2,1H3. The smallest absolute Gasteiger partial charge is 0.0433 e. The summed E-state index contributed by atoms with van der Waals surface area (Å²) in [6, 6.07) is 7.60. The molecule has 0 fully saturated rings. The number of nitrogens with zero attached hydrogens (tertiary/aromatic N) is 1. The van der Waals surface area contributed by atoms with Gasteiger partial charge >= 0.3 is 0 Å². The van der Waals surface area contributed by atoms with Gasteiger partial charge in [-0.15, -0.1) is 0 Å². The second-order valence-corrected chi connectivity index (χ2v) is 4.61. The molecule has 1 aromatic rings. The Kier molecular flexibility index (Phi) is 1.79. The van der Waals surface area contributed by atoms with E-state index in [0.29, 0.717) is 0 Å². The van der Waals surface area contributed by atoms with E-state index >= 15 is 0 Å². The zero-order chi connectivity index (χ0) is 9.54. The van der Waals surface area contributed by atoms with E-state index in [1.165, 1.54) is 32.2 Å². The molecule has 14 heavy (non-hydrogen) atoms. The Morgan fingerprint density at radius 1 is 1.21 bits per heavy atom. The minimum Gasteiger partial charge on any atom is -0.368 e. The predicted octanol–water partition coefficient (Wildman–Crippen LogP) is 2.77. The maximum Gasteiger partial charge on any atom is 0.0433 e. The average Bonchev–Trinajstić information content (AvgIpc) is 2.24. The highest BCUT2D eigenvalue weighted by molar-refractivity contribution is 5.63. The molecule has 1 nitrogen and oxygen atoms in total. The highest BCUT2D eigenvalue weighted by Crippen LogP contribution is 2.37. The van der Waals surface area contributed by atoms with Crippen molar-refractivity contribution >= 4 is 5.69 Å². The van der Waals surface area contributed by atoms with Crippen LogP contribution in [0.2, 0.25) is 0 Å². The monoisotopic (exact) mass is 187 g/mol. The molecule has 0 N–H and O–H groups in total. The molecule has 0 amide bonds. The first-order valence-electron chi connectivity index (χ1n) is 5.73. The molecule has 1 unspecified atom stereocenters. The van der Waals surface area contributed by atoms with E-state index in [-0.39, 0.29) is 0 Å². The van der Waals surface area contributed by atoms with Crippen LogP contribution in [0.4, 0.5) is 5.69 Å². The van der Waals surface area contributed by atoms with Gasteiger partial charge in [-0.3, -0.25) is 0 Å². The van der Waals surface area contributed by atoms with Crippen LogP contribution in [-0.4, -0.2) is 12.6 Å². The Morgan fingerprint density at radius 2 is 2.00 bits per heavy atom. The third kappa shape index (κ3) is 1.08. The number of para-hydroxylation sites is 1. The molecule has 74 valence electrons. The molecule has 0 saturated heterocycles. The maximum atomic E-state index is 2.62. The third-order valence-corrected chi connectivity index (χ3v) is 3.70. The van der Waals surface area contributed by atoms with Crippen LogP contribution in [0.15, 0.2) is 18.2 Å². The van der Waals surface area contributed by atoms with Gasteiger partial charge in [-0.2, -0.15) is 0 Å². The summed E-state index contributed by atoms with van der Waals surface area (Å²) >= 11 is 0. The molecular weight excluding hydrogens is 170 g/mol. The molecular formula is C13H17N. The molecule has 2 aliphatic rings. The predicted molar refractivity (Wildman–Crippen MR) is 59.9 cm³/mol. The number of benzene rings is 1. The van der Waals surface area contributed by atoms with Gasteiger partial charge in [-0.1, -0.05) is 18.2 Å². The molecule has 0 aliphatic carbocycles. The lowest BCUT2D eigenvalue weighted by Crippen LogP contribution is -2.40. The van der Waals surface area contributed by atoms with E-state index in [2.05, 4.69) is 30.0 Å². The van der Waals surface area contributed by atoms with Crippen LogP contribution in [-0.2, 0) is 12.8 Å². The second kappa shape index (κ2) is 3.01. The van der Waals surface area contributed by atoms with Crippen molar-refractivity contribution in [1.29, 1.82) is 0 Å². The summed E-state index contributed by atoms with van der Waals surface area (Å²) < 4.78 is 0. The van der Waals surface area contributed by atoms with Gasteiger partial charge in [0.2, 0.25) is 0 Å². The number of rotatable bonds is 0. The van der Waals surface area contributed by atoms with Gasteiger partial charge in [0.25, 0.3) is 0 Å². The van der Waals surface area contributed by atoms with Crippen molar-refractivity contribution < 1.29 is 0 Å². The van der Waals surface area contributed by atoms with Gasteiger partial charge in [0.15, 0.2) is 0 Å². The topological polar surface area (TPSA) is 3.24 Å². The molecule has 0 aromatic heterocycles. The first-order chi connectivity index (χ1) is 6.86. The number of hydrogen-bond donors (Lipinski definition) is 0. The lowest BCUT2D eigenvalue weighted by molar-refractivity contribution is 0.534. The molecule has 0 spiro atoms.